The summed E-state index contributed by atoms with van der Waals surface area (Å²) in [4.78, 5) is 18.4. The van der Waals surface area contributed by atoms with Crippen LogP contribution >= 0.6 is 15.9 Å². The molecule has 1 rings (SSSR count). The summed E-state index contributed by atoms with van der Waals surface area (Å²) in [6.07, 6.45) is 0. The number of nitrogens with zero attached hydrogens (tertiary/aromatic N) is 2. The predicted octanol–water partition coefficient (Wildman–Crippen LogP) is 1.25. The fraction of sp³-hybridized carbons (Fsp3) is 0.286. The minimum absolute atomic E-state index is 0.00861. The van der Waals surface area contributed by atoms with Crippen LogP contribution in [-0.2, 0) is 0 Å². The van der Waals surface area contributed by atoms with E-state index < -0.39 is 5.97 Å². The van der Waals surface area contributed by atoms with Crippen LogP contribution in [0.2, 0.25) is 0 Å². The van der Waals surface area contributed by atoms with Gasteiger partial charge in [0, 0.05) is 0 Å². The molecule has 1 aromatic rings. The molecular weight excluding hydrogens is 240 g/mol. The number of aromatic nitrogens is 2. The van der Waals surface area contributed by atoms with Gasteiger partial charge in [-0.25, -0.2) is 9.78 Å². The van der Waals surface area contributed by atoms with E-state index in [4.69, 9.17) is 9.84 Å². The Labute approximate surface area is 82.9 Å². The number of carboxylic acid groups (broad SMARTS) is 1. The first kappa shape index (κ1) is 9.91. The van der Waals surface area contributed by atoms with Crippen LogP contribution in [0.5, 0.6) is 5.88 Å². The summed E-state index contributed by atoms with van der Waals surface area (Å²) in [5.74, 6) is -1.03. The Balaban J connectivity index is 3.38. The number of methoxy groups -OCH3 is 1. The van der Waals surface area contributed by atoms with Crippen LogP contribution < -0.4 is 4.74 Å². The maximum absolute atomic E-state index is 10.7. The highest BCUT2D eigenvalue weighted by Crippen LogP contribution is 2.20. The van der Waals surface area contributed by atoms with Crippen molar-refractivity contribution in [1.29, 1.82) is 0 Å². The van der Waals surface area contributed by atoms with Gasteiger partial charge in [-0.05, 0) is 22.9 Å². The quantitative estimate of drug-likeness (QED) is 0.796. The summed E-state index contributed by atoms with van der Waals surface area (Å²) >= 11 is 3.04. The van der Waals surface area contributed by atoms with Gasteiger partial charge in [0.2, 0.25) is 5.88 Å². The SMILES string of the molecule is COc1nc(Br)nc(C)c1C(=O)O. The molecule has 0 aliphatic heterocycles. The van der Waals surface area contributed by atoms with E-state index in [1.165, 1.54) is 7.11 Å². The van der Waals surface area contributed by atoms with Crippen molar-refractivity contribution in [3.05, 3.63) is 16.0 Å². The predicted molar refractivity (Wildman–Crippen MR) is 48.0 cm³/mol. The maximum atomic E-state index is 10.7. The van der Waals surface area contributed by atoms with Gasteiger partial charge in [-0.1, -0.05) is 0 Å². The van der Waals surface area contributed by atoms with Crippen LogP contribution in [0.4, 0.5) is 0 Å². The monoisotopic (exact) mass is 246 g/mol. The average Bonchev–Trinajstić information content (AvgIpc) is 2.01. The summed E-state index contributed by atoms with van der Waals surface area (Å²) in [5.41, 5.74) is 0.358. The van der Waals surface area contributed by atoms with Crippen LogP contribution in [-0.4, -0.2) is 28.2 Å². The highest BCUT2D eigenvalue weighted by molar-refractivity contribution is 9.10. The first-order valence-corrected chi connectivity index (χ1v) is 4.17. The molecule has 5 nitrogen and oxygen atoms in total. The third-order valence-electron chi connectivity index (χ3n) is 1.44. The van der Waals surface area contributed by atoms with Gasteiger partial charge in [-0.15, -0.1) is 0 Å². The molecule has 0 bridgehead atoms. The molecule has 6 heteroatoms. The smallest absolute Gasteiger partial charge is 0.343 e. The zero-order chi connectivity index (χ0) is 10.0. The van der Waals surface area contributed by atoms with E-state index in [1.54, 1.807) is 6.92 Å². The van der Waals surface area contributed by atoms with Crippen molar-refractivity contribution in [2.45, 2.75) is 6.92 Å². The molecule has 0 aliphatic rings. The number of hydrogen-bond acceptors (Lipinski definition) is 4. The highest BCUT2D eigenvalue weighted by atomic mass is 79.9. The Morgan fingerprint density at radius 3 is 2.62 bits per heavy atom. The van der Waals surface area contributed by atoms with Gasteiger partial charge in [0.05, 0.1) is 12.8 Å². The summed E-state index contributed by atoms with van der Waals surface area (Å²) in [7, 11) is 1.36. The number of rotatable bonds is 2. The standard InChI is InChI=1S/C7H7BrN2O3/c1-3-4(6(11)12)5(13-2)10-7(8)9-3/h1-2H3,(H,11,12). The number of hydrogen-bond donors (Lipinski definition) is 1. The number of ether oxygens (including phenoxy) is 1. The average molecular weight is 247 g/mol. The first-order chi connectivity index (χ1) is 6.06. The van der Waals surface area contributed by atoms with Crippen LogP contribution in [0.1, 0.15) is 16.1 Å². The molecule has 0 spiro atoms. The van der Waals surface area contributed by atoms with Crippen molar-refractivity contribution >= 4 is 21.9 Å². The molecule has 0 fully saturated rings. The molecule has 13 heavy (non-hydrogen) atoms. The van der Waals surface area contributed by atoms with Gasteiger partial charge in [-0.3, -0.25) is 0 Å². The third kappa shape index (κ3) is 1.95. The summed E-state index contributed by atoms with van der Waals surface area (Å²) in [6, 6.07) is 0. The summed E-state index contributed by atoms with van der Waals surface area (Å²) in [5, 5.41) is 8.79. The van der Waals surface area contributed by atoms with Crippen LogP contribution in [0, 0.1) is 6.92 Å². The van der Waals surface area contributed by atoms with Crippen LogP contribution in [0.3, 0.4) is 0 Å². The Morgan fingerprint density at radius 2 is 2.15 bits per heavy atom. The molecule has 0 saturated carbocycles. The maximum Gasteiger partial charge on any atom is 0.343 e. The zero-order valence-electron chi connectivity index (χ0n) is 7.04. The minimum atomic E-state index is -1.10. The van der Waals surface area contributed by atoms with E-state index in [0.717, 1.165) is 0 Å². The molecule has 0 atom stereocenters. The van der Waals surface area contributed by atoms with E-state index in [-0.39, 0.29) is 11.4 Å². The number of aryl methyl sites for hydroxylation is 1. The molecule has 0 radical (unpaired) electrons. The number of carboxylic acids is 1. The fourth-order valence-electron chi connectivity index (χ4n) is 0.908. The second kappa shape index (κ2) is 3.69. The Bertz CT molecular complexity index is 354. The fourth-order valence-corrected chi connectivity index (χ4v) is 1.33. The van der Waals surface area contributed by atoms with Crippen molar-refractivity contribution in [3.8, 4) is 5.88 Å². The van der Waals surface area contributed by atoms with Crippen molar-refractivity contribution in [2.24, 2.45) is 0 Å². The van der Waals surface area contributed by atoms with Gasteiger partial charge < -0.3 is 9.84 Å². The second-order valence-electron chi connectivity index (χ2n) is 2.27. The van der Waals surface area contributed by atoms with E-state index >= 15 is 0 Å². The molecular formula is C7H7BrN2O3. The Kier molecular flexibility index (Phi) is 2.82. The number of halogens is 1. The van der Waals surface area contributed by atoms with Gasteiger partial charge in [0.25, 0.3) is 0 Å². The Morgan fingerprint density at radius 1 is 1.54 bits per heavy atom. The minimum Gasteiger partial charge on any atom is -0.480 e. The molecule has 70 valence electrons. The molecule has 0 amide bonds. The lowest BCUT2D eigenvalue weighted by atomic mass is 10.2. The van der Waals surface area contributed by atoms with Crippen molar-refractivity contribution < 1.29 is 14.6 Å². The molecule has 0 unspecified atom stereocenters. The number of aromatic carboxylic acids is 1. The lowest BCUT2D eigenvalue weighted by molar-refractivity contribution is 0.0691. The van der Waals surface area contributed by atoms with Gasteiger partial charge in [-0.2, -0.15) is 4.98 Å². The normalized spacial score (nSPS) is 9.77. The van der Waals surface area contributed by atoms with E-state index in [9.17, 15) is 4.79 Å². The second-order valence-corrected chi connectivity index (χ2v) is 2.98. The number of carbonyl (C=O) groups is 1. The van der Waals surface area contributed by atoms with Gasteiger partial charge >= 0.3 is 5.97 Å². The van der Waals surface area contributed by atoms with Crippen LogP contribution in [0.25, 0.3) is 0 Å². The van der Waals surface area contributed by atoms with Crippen LogP contribution in [0.15, 0.2) is 4.73 Å². The van der Waals surface area contributed by atoms with Crippen molar-refractivity contribution in [3.63, 3.8) is 0 Å². The molecule has 0 aromatic carbocycles. The summed E-state index contributed by atoms with van der Waals surface area (Å²) < 4.78 is 5.12. The third-order valence-corrected chi connectivity index (χ3v) is 1.79. The molecule has 1 N–H and O–H groups in total. The van der Waals surface area contributed by atoms with E-state index in [2.05, 4.69) is 25.9 Å². The molecule has 0 saturated heterocycles. The lowest BCUT2D eigenvalue weighted by Crippen LogP contribution is -2.07. The molecule has 1 aromatic heterocycles. The molecule has 1 heterocycles. The first-order valence-electron chi connectivity index (χ1n) is 3.37. The van der Waals surface area contributed by atoms with E-state index in [0.29, 0.717) is 10.4 Å². The molecule has 0 aliphatic carbocycles. The lowest BCUT2D eigenvalue weighted by Gasteiger charge is -2.05. The summed E-state index contributed by atoms with van der Waals surface area (Å²) in [6.45, 7) is 1.58. The van der Waals surface area contributed by atoms with Crippen molar-refractivity contribution in [1.82, 2.24) is 9.97 Å². The van der Waals surface area contributed by atoms with Gasteiger partial charge in [0.15, 0.2) is 4.73 Å². The Hall–Kier alpha value is -1.17. The highest BCUT2D eigenvalue weighted by Gasteiger charge is 2.17. The van der Waals surface area contributed by atoms with Crippen molar-refractivity contribution in [2.75, 3.05) is 7.11 Å². The van der Waals surface area contributed by atoms with E-state index in [1.807, 2.05) is 0 Å². The zero-order valence-corrected chi connectivity index (χ0v) is 8.62. The largest absolute Gasteiger partial charge is 0.480 e. The van der Waals surface area contributed by atoms with Gasteiger partial charge in [0.1, 0.15) is 5.56 Å². The topological polar surface area (TPSA) is 72.3 Å².